The second-order valence-electron chi connectivity index (χ2n) is 5.31. The summed E-state index contributed by atoms with van der Waals surface area (Å²) in [6.45, 7) is 0. The molecule has 0 radical (unpaired) electrons. The first kappa shape index (κ1) is 24.2. The van der Waals surface area contributed by atoms with Crippen LogP contribution >= 0.6 is 0 Å². The number of carbonyl (C=O) groups excluding carboxylic acids is 2. The highest BCUT2D eigenvalue weighted by molar-refractivity contribution is 6.50. The SMILES string of the molecule is F[B-](F)(F)F.F[B-](F)(F)F.N#[N+]c1ccc2c(c1)C(=O)c1ccc([N+]#N)cc1C2=O. The van der Waals surface area contributed by atoms with Gasteiger partial charge in [-0.25, -0.2) is 0 Å². The first-order chi connectivity index (χ1) is 13.7. The molecule has 0 N–H and O–H groups in total. The van der Waals surface area contributed by atoms with Gasteiger partial charge in [0.15, 0.2) is 21.5 Å². The summed E-state index contributed by atoms with van der Waals surface area (Å²) in [5.74, 6) is -0.658. The van der Waals surface area contributed by atoms with Crippen molar-refractivity contribution in [3.05, 3.63) is 68.6 Å². The summed E-state index contributed by atoms with van der Waals surface area (Å²) in [4.78, 5) is 30.7. The van der Waals surface area contributed by atoms with Gasteiger partial charge in [-0.05, 0) is 12.1 Å². The molecule has 156 valence electrons. The fourth-order valence-electron chi connectivity index (χ4n) is 2.25. The molecule has 30 heavy (non-hydrogen) atoms. The average molecular weight is 436 g/mol. The Kier molecular flexibility index (Phi) is 7.37. The zero-order chi connectivity index (χ0) is 23.3. The van der Waals surface area contributed by atoms with Gasteiger partial charge >= 0.3 is 25.9 Å². The molecule has 1 aliphatic carbocycles. The molecular formula is C14H6B2F8N4O2. The second kappa shape index (κ2) is 9.13. The van der Waals surface area contributed by atoms with Gasteiger partial charge in [-0.2, -0.15) is 0 Å². The Morgan fingerprint density at radius 1 is 0.567 bits per heavy atom. The van der Waals surface area contributed by atoms with Crippen LogP contribution in [0.15, 0.2) is 36.4 Å². The molecule has 0 fully saturated rings. The predicted molar refractivity (Wildman–Crippen MR) is 89.6 cm³/mol. The molecule has 0 aliphatic heterocycles. The fraction of sp³-hybridized carbons (Fsp3) is 0. The van der Waals surface area contributed by atoms with Crippen LogP contribution in [0.5, 0.6) is 0 Å². The maximum Gasteiger partial charge on any atom is 0.673 e. The van der Waals surface area contributed by atoms with E-state index in [2.05, 4.69) is 9.95 Å². The molecular weight excluding hydrogens is 430 g/mol. The molecule has 1 aliphatic rings. The molecule has 6 nitrogen and oxygen atoms in total. The van der Waals surface area contributed by atoms with Crippen molar-refractivity contribution in [2.45, 2.75) is 0 Å². The van der Waals surface area contributed by atoms with Crippen molar-refractivity contribution in [2.24, 2.45) is 0 Å². The molecule has 0 saturated heterocycles. The molecule has 0 atom stereocenters. The van der Waals surface area contributed by atoms with Gasteiger partial charge in [-0.1, -0.05) is 0 Å². The monoisotopic (exact) mass is 436 g/mol. The van der Waals surface area contributed by atoms with E-state index < -0.39 is 14.5 Å². The molecule has 0 spiro atoms. The maximum atomic E-state index is 12.4. The molecule has 0 heterocycles. The number of hydrogen-bond acceptors (Lipinski definition) is 4. The summed E-state index contributed by atoms with van der Waals surface area (Å²) >= 11 is 0. The van der Waals surface area contributed by atoms with Crippen molar-refractivity contribution in [2.75, 3.05) is 0 Å². The second-order valence-corrected chi connectivity index (χ2v) is 5.31. The number of benzene rings is 2. The summed E-state index contributed by atoms with van der Waals surface area (Å²) in [6, 6.07) is 8.49. The minimum atomic E-state index is -6.00. The van der Waals surface area contributed by atoms with Gasteiger partial charge in [0.2, 0.25) is 10.8 Å². The van der Waals surface area contributed by atoms with Gasteiger partial charge in [0.1, 0.15) is 0 Å². The van der Waals surface area contributed by atoms with Gasteiger partial charge in [-0.3, -0.25) is 9.59 Å². The number of nitrogens with zero attached hydrogens (tertiary/aromatic N) is 4. The van der Waals surface area contributed by atoms with E-state index in [1.54, 1.807) is 0 Å². The van der Waals surface area contributed by atoms with Crippen LogP contribution in [0.2, 0.25) is 0 Å². The average Bonchev–Trinajstić information content (AvgIpc) is 2.62. The van der Waals surface area contributed by atoms with E-state index in [1.807, 2.05) is 0 Å². The lowest BCUT2D eigenvalue weighted by Gasteiger charge is -2.15. The van der Waals surface area contributed by atoms with Crippen LogP contribution in [0.1, 0.15) is 31.8 Å². The number of halogens is 8. The van der Waals surface area contributed by atoms with Crippen molar-refractivity contribution < 1.29 is 44.1 Å². The zero-order valence-electron chi connectivity index (χ0n) is 14.2. The van der Waals surface area contributed by atoms with Crippen LogP contribution in [-0.4, -0.2) is 26.1 Å². The Morgan fingerprint density at radius 3 is 1.07 bits per heavy atom. The number of diazo groups is 2. The molecule has 3 rings (SSSR count). The standard InChI is InChI=1S/C14H6N4O2.2BF4/c15-17-7-1-3-9-11(5-7)14(20)10-4-2-8(18-16)6-12(10)13(9)19;2*2-1(3,4)5/h1-6H;;/q+2;2*-1. The minimum Gasteiger partial charge on any atom is -0.418 e. The minimum absolute atomic E-state index is 0.200. The Balaban J connectivity index is 0.000000378. The van der Waals surface area contributed by atoms with E-state index in [-0.39, 0.29) is 45.2 Å². The molecule has 0 saturated carbocycles. The fourth-order valence-corrected chi connectivity index (χ4v) is 2.25. The Hall–Kier alpha value is -3.81. The van der Waals surface area contributed by atoms with Crippen molar-refractivity contribution in [3.63, 3.8) is 0 Å². The van der Waals surface area contributed by atoms with Crippen LogP contribution in [-0.2, 0) is 0 Å². The first-order valence-electron chi connectivity index (χ1n) is 7.48. The van der Waals surface area contributed by atoms with Gasteiger partial charge in [0, 0.05) is 46.5 Å². The lowest BCUT2D eigenvalue weighted by molar-refractivity contribution is 0.0979. The van der Waals surface area contributed by atoms with Gasteiger partial charge in [0.25, 0.3) is 0 Å². The van der Waals surface area contributed by atoms with E-state index in [1.165, 1.54) is 36.4 Å². The van der Waals surface area contributed by atoms with Crippen LogP contribution in [0.3, 0.4) is 0 Å². The molecule has 0 unspecified atom stereocenters. The largest absolute Gasteiger partial charge is 0.673 e. The molecule has 2 aromatic rings. The summed E-state index contributed by atoms with van der Waals surface area (Å²) in [7, 11) is -12.0. The quantitative estimate of drug-likeness (QED) is 0.245. The number of fused-ring (bicyclic) bond motifs is 2. The number of carbonyl (C=O) groups is 2. The third-order valence-corrected chi connectivity index (χ3v) is 3.22. The summed E-state index contributed by atoms with van der Waals surface area (Å²) in [6.07, 6.45) is 0. The third kappa shape index (κ3) is 7.31. The van der Waals surface area contributed by atoms with E-state index in [0.29, 0.717) is 0 Å². The summed E-state index contributed by atoms with van der Waals surface area (Å²) in [5.41, 5.74) is 1.29. The van der Waals surface area contributed by atoms with Gasteiger partial charge in [0.05, 0.1) is 0 Å². The lowest BCUT2D eigenvalue weighted by atomic mass is 9.83. The van der Waals surface area contributed by atoms with Crippen molar-refractivity contribution in [1.29, 1.82) is 10.8 Å². The van der Waals surface area contributed by atoms with Crippen LogP contribution in [0.4, 0.5) is 45.9 Å². The Labute approximate surface area is 162 Å². The normalized spacial score (nSPS) is 12.1. The highest BCUT2D eigenvalue weighted by Gasteiger charge is 2.32. The molecule has 16 heteroatoms. The van der Waals surface area contributed by atoms with E-state index in [9.17, 15) is 44.1 Å². The van der Waals surface area contributed by atoms with Crippen molar-refractivity contribution in [3.8, 4) is 0 Å². The van der Waals surface area contributed by atoms with E-state index in [4.69, 9.17) is 10.8 Å². The molecule has 0 bridgehead atoms. The number of rotatable bonds is 0. The van der Waals surface area contributed by atoms with Crippen molar-refractivity contribution in [1.82, 2.24) is 0 Å². The maximum absolute atomic E-state index is 12.4. The van der Waals surface area contributed by atoms with E-state index >= 15 is 0 Å². The lowest BCUT2D eigenvalue weighted by Crippen LogP contribution is -2.20. The highest BCUT2D eigenvalue weighted by Crippen LogP contribution is 2.32. The first-order valence-corrected chi connectivity index (χ1v) is 7.48. The summed E-state index contributed by atoms with van der Waals surface area (Å²) < 4.78 is 78.0. The van der Waals surface area contributed by atoms with E-state index in [0.717, 1.165) is 0 Å². The smallest absolute Gasteiger partial charge is 0.418 e. The van der Waals surface area contributed by atoms with Crippen LogP contribution in [0, 0.1) is 10.8 Å². The topological polar surface area (TPSA) is 90.4 Å². The predicted octanol–water partition coefficient (Wildman–Crippen LogP) is 6.03. The Morgan fingerprint density at radius 2 is 0.833 bits per heavy atom. The van der Waals surface area contributed by atoms with Gasteiger partial charge < -0.3 is 34.5 Å². The Bertz CT molecular complexity index is 976. The summed E-state index contributed by atoms with van der Waals surface area (Å²) in [5, 5.41) is 17.5. The molecule has 0 amide bonds. The zero-order valence-corrected chi connectivity index (χ0v) is 14.2. The highest BCUT2D eigenvalue weighted by atomic mass is 19.5. The number of ketones is 2. The van der Waals surface area contributed by atoms with Gasteiger partial charge in [-0.15, -0.1) is 0 Å². The molecule has 2 aromatic carbocycles. The third-order valence-electron chi connectivity index (χ3n) is 3.22. The van der Waals surface area contributed by atoms with Crippen LogP contribution < -0.4 is 0 Å². The molecule has 0 aromatic heterocycles. The van der Waals surface area contributed by atoms with Crippen molar-refractivity contribution >= 4 is 37.5 Å². The number of hydrogen-bond donors (Lipinski definition) is 0. The van der Waals surface area contributed by atoms with Crippen LogP contribution in [0.25, 0.3) is 9.95 Å².